The van der Waals surface area contributed by atoms with Gasteiger partial charge in [-0.2, -0.15) is 0 Å². The lowest BCUT2D eigenvalue weighted by atomic mass is 10.1. The van der Waals surface area contributed by atoms with Crippen molar-refractivity contribution in [3.8, 4) is 33.3 Å². The summed E-state index contributed by atoms with van der Waals surface area (Å²) in [6.07, 6.45) is 1.80. The van der Waals surface area contributed by atoms with Crippen LogP contribution in [0.5, 0.6) is 0 Å². The fourth-order valence-electron chi connectivity index (χ4n) is 2.40. The summed E-state index contributed by atoms with van der Waals surface area (Å²) in [6.45, 7) is 0. The minimum absolute atomic E-state index is 0.884. The van der Waals surface area contributed by atoms with Crippen LogP contribution in [0.4, 0.5) is 0 Å². The lowest BCUT2D eigenvalue weighted by molar-refractivity contribution is 1.28. The molecule has 0 aliphatic rings. The van der Waals surface area contributed by atoms with Gasteiger partial charge in [0.25, 0.3) is 0 Å². The highest BCUT2D eigenvalue weighted by Crippen LogP contribution is 2.33. The quantitative estimate of drug-likeness (QED) is 0.587. The molecule has 4 aromatic rings. The van der Waals surface area contributed by atoms with E-state index in [9.17, 15) is 0 Å². The second-order valence-corrected chi connectivity index (χ2v) is 5.82. The summed E-state index contributed by atoms with van der Waals surface area (Å²) < 4.78 is 0. The van der Waals surface area contributed by atoms with Crippen LogP contribution in [0.1, 0.15) is 0 Å². The van der Waals surface area contributed by atoms with Crippen LogP contribution in [0.25, 0.3) is 33.3 Å². The van der Waals surface area contributed by atoms with Gasteiger partial charge in [-0.1, -0.05) is 42.5 Å². The molecule has 1 N–H and O–H groups in total. The third-order valence-electron chi connectivity index (χ3n) is 3.43. The van der Waals surface area contributed by atoms with E-state index in [1.54, 1.807) is 17.5 Å². The van der Waals surface area contributed by atoms with Gasteiger partial charge in [-0.25, -0.2) is 4.98 Å². The summed E-state index contributed by atoms with van der Waals surface area (Å²) >= 11 is 1.67. The van der Waals surface area contributed by atoms with Crippen molar-refractivity contribution < 1.29 is 0 Å². The first-order valence-corrected chi connectivity index (χ1v) is 7.90. The molecule has 0 atom stereocenters. The Kier molecular flexibility index (Phi) is 3.29. The Morgan fingerprint density at radius 3 is 2.45 bits per heavy atom. The standard InChI is InChI=1S/C18H13N3S/c1-2-7-13(8-3-1)16-17(14-9-4-5-11-19-14)21-18(20-16)15-10-6-12-22-15/h1-12H,(H,20,21). The van der Waals surface area contributed by atoms with Gasteiger partial charge in [0.05, 0.1) is 22.0 Å². The molecule has 0 fully saturated rings. The number of hydrogen-bond donors (Lipinski definition) is 1. The van der Waals surface area contributed by atoms with E-state index in [4.69, 9.17) is 4.98 Å². The third kappa shape index (κ3) is 2.34. The fraction of sp³-hybridized carbons (Fsp3) is 0. The van der Waals surface area contributed by atoms with E-state index < -0.39 is 0 Å². The number of imidazole rings is 1. The Morgan fingerprint density at radius 1 is 0.864 bits per heavy atom. The van der Waals surface area contributed by atoms with E-state index in [0.717, 1.165) is 33.3 Å². The lowest BCUT2D eigenvalue weighted by Crippen LogP contribution is -1.86. The van der Waals surface area contributed by atoms with Gasteiger partial charge in [0.15, 0.2) is 0 Å². The maximum absolute atomic E-state index is 4.81. The number of pyridine rings is 1. The van der Waals surface area contributed by atoms with Crippen molar-refractivity contribution in [1.82, 2.24) is 15.0 Å². The van der Waals surface area contributed by atoms with Crippen LogP contribution in [0.3, 0.4) is 0 Å². The fourth-order valence-corrected chi connectivity index (χ4v) is 3.07. The number of H-pyrrole nitrogens is 1. The first kappa shape index (κ1) is 13.0. The number of aromatic amines is 1. The van der Waals surface area contributed by atoms with Crippen LogP contribution in [-0.4, -0.2) is 15.0 Å². The zero-order valence-electron chi connectivity index (χ0n) is 11.7. The molecule has 22 heavy (non-hydrogen) atoms. The molecule has 4 rings (SSSR count). The molecule has 0 bridgehead atoms. The molecular weight excluding hydrogens is 290 g/mol. The van der Waals surface area contributed by atoms with Crippen LogP contribution in [0, 0.1) is 0 Å². The van der Waals surface area contributed by atoms with E-state index in [1.807, 2.05) is 42.5 Å². The summed E-state index contributed by atoms with van der Waals surface area (Å²) in [7, 11) is 0. The molecule has 106 valence electrons. The van der Waals surface area contributed by atoms with Crippen molar-refractivity contribution in [1.29, 1.82) is 0 Å². The first-order chi connectivity index (χ1) is 10.9. The summed E-state index contributed by atoms with van der Waals surface area (Å²) in [4.78, 5) is 13.8. The smallest absolute Gasteiger partial charge is 0.148 e. The predicted octanol–water partition coefficient (Wildman–Crippen LogP) is 4.87. The number of rotatable bonds is 3. The van der Waals surface area contributed by atoms with E-state index in [1.165, 1.54) is 0 Å². The van der Waals surface area contributed by atoms with Gasteiger partial charge in [-0.15, -0.1) is 11.3 Å². The molecule has 0 radical (unpaired) electrons. The highest BCUT2D eigenvalue weighted by atomic mass is 32.1. The molecule has 0 saturated carbocycles. The third-order valence-corrected chi connectivity index (χ3v) is 4.30. The molecular formula is C18H13N3S. The minimum Gasteiger partial charge on any atom is -0.335 e. The van der Waals surface area contributed by atoms with Crippen LogP contribution in [0.2, 0.25) is 0 Å². The van der Waals surface area contributed by atoms with Crippen LogP contribution >= 0.6 is 11.3 Å². The Hall–Kier alpha value is -2.72. The van der Waals surface area contributed by atoms with Crippen molar-refractivity contribution in [3.05, 3.63) is 72.2 Å². The SMILES string of the molecule is c1ccc(-c2nc(-c3cccs3)[nH]c2-c2ccccn2)cc1. The second-order valence-electron chi connectivity index (χ2n) is 4.87. The van der Waals surface area contributed by atoms with E-state index in [-0.39, 0.29) is 0 Å². The first-order valence-electron chi connectivity index (χ1n) is 7.02. The van der Waals surface area contributed by atoms with E-state index in [0.29, 0.717) is 0 Å². The van der Waals surface area contributed by atoms with Gasteiger partial charge >= 0.3 is 0 Å². The number of thiophene rings is 1. The van der Waals surface area contributed by atoms with Gasteiger partial charge in [0.2, 0.25) is 0 Å². The Morgan fingerprint density at radius 2 is 1.73 bits per heavy atom. The van der Waals surface area contributed by atoms with Gasteiger partial charge in [0, 0.05) is 11.8 Å². The average Bonchev–Trinajstić information content (AvgIpc) is 3.26. The van der Waals surface area contributed by atoms with Gasteiger partial charge in [-0.05, 0) is 23.6 Å². The largest absolute Gasteiger partial charge is 0.335 e. The van der Waals surface area contributed by atoms with Crippen LogP contribution < -0.4 is 0 Å². The van der Waals surface area contributed by atoms with Crippen LogP contribution in [0.15, 0.2) is 72.2 Å². The lowest BCUT2D eigenvalue weighted by Gasteiger charge is -2.01. The average molecular weight is 303 g/mol. The Labute approximate surface area is 132 Å². The Bertz CT molecular complexity index is 808. The van der Waals surface area contributed by atoms with Crippen molar-refractivity contribution in [2.45, 2.75) is 0 Å². The molecule has 3 nitrogen and oxygen atoms in total. The Balaban J connectivity index is 1.92. The molecule has 0 aliphatic heterocycles. The van der Waals surface area contributed by atoms with Gasteiger partial charge < -0.3 is 4.98 Å². The molecule has 0 unspecified atom stereocenters. The van der Waals surface area contributed by atoms with E-state index in [2.05, 4.69) is 33.5 Å². The van der Waals surface area contributed by atoms with Crippen molar-refractivity contribution in [2.75, 3.05) is 0 Å². The highest BCUT2D eigenvalue weighted by molar-refractivity contribution is 7.13. The van der Waals surface area contributed by atoms with Crippen LogP contribution in [-0.2, 0) is 0 Å². The zero-order chi connectivity index (χ0) is 14.8. The number of nitrogens with zero attached hydrogens (tertiary/aromatic N) is 2. The number of hydrogen-bond acceptors (Lipinski definition) is 3. The molecule has 0 aliphatic carbocycles. The molecule has 1 aromatic carbocycles. The molecule has 0 saturated heterocycles. The minimum atomic E-state index is 0.884. The van der Waals surface area contributed by atoms with Crippen molar-refractivity contribution >= 4 is 11.3 Å². The van der Waals surface area contributed by atoms with Gasteiger partial charge in [0.1, 0.15) is 5.82 Å². The van der Waals surface area contributed by atoms with Crippen molar-refractivity contribution in [3.63, 3.8) is 0 Å². The second kappa shape index (κ2) is 5.58. The number of nitrogens with one attached hydrogen (secondary N) is 1. The summed E-state index contributed by atoms with van der Waals surface area (Å²) in [6, 6.07) is 20.2. The normalized spacial score (nSPS) is 10.7. The topological polar surface area (TPSA) is 41.6 Å². The summed E-state index contributed by atoms with van der Waals surface area (Å²) in [5, 5.41) is 2.06. The van der Waals surface area contributed by atoms with Gasteiger partial charge in [-0.3, -0.25) is 4.98 Å². The summed E-state index contributed by atoms with van der Waals surface area (Å²) in [5.74, 6) is 0.884. The molecule has 3 aromatic heterocycles. The monoisotopic (exact) mass is 303 g/mol. The zero-order valence-corrected chi connectivity index (χ0v) is 12.5. The predicted molar refractivity (Wildman–Crippen MR) is 90.6 cm³/mol. The molecule has 4 heteroatoms. The van der Waals surface area contributed by atoms with E-state index >= 15 is 0 Å². The molecule has 0 amide bonds. The number of benzene rings is 1. The molecule has 3 heterocycles. The maximum atomic E-state index is 4.81. The number of aromatic nitrogens is 3. The van der Waals surface area contributed by atoms with Crippen molar-refractivity contribution in [2.24, 2.45) is 0 Å². The maximum Gasteiger partial charge on any atom is 0.148 e. The summed E-state index contributed by atoms with van der Waals surface area (Å²) in [5.41, 5.74) is 3.87. The highest BCUT2D eigenvalue weighted by Gasteiger charge is 2.16. The molecule has 0 spiro atoms.